The van der Waals surface area contributed by atoms with E-state index in [0.29, 0.717) is 54.3 Å². The number of sulfonamides is 1. The number of nitrogens with zero attached hydrogens (tertiary/aromatic N) is 4. The van der Waals surface area contributed by atoms with Gasteiger partial charge in [-0.3, -0.25) is 4.79 Å². The molecule has 1 saturated heterocycles. The fraction of sp³-hybridized carbons (Fsp3) is 0.333. The third kappa shape index (κ3) is 4.57. The molecule has 9 nitrogen and oxygen atoms in total. The molecule has 1 aliphatic heterocycles. The van der Waals surface area contributed by atoms with Crippen LogP contribution in [0.1, 0.15) is 31.2 Å². The lowest BCUT2D eigenvalue weighted by atomic mass is 9.98. The lowest BCUT2D eigenvalue weighted by Crippen LogP contribution is -2.43. The third-order valence-corrected chi connectivity index (χ3v) is 8.52. The van der Waals surface area contributed by atoms with Crippen LogP contribution in [-0.4, -0.2) is 41.9 Å². The van der Waals surface area contributed by atoms with Gasteiger partial charge in [-0.05, 0) is 43.2 Å². The first kappa shape index (κ1) is 22.1. The SMILES string of the molecule is CCc1nc(-c2csc(S(=O)(=O)N3CCC[C@H](C(=O)Nc4ccc(C#N)cc4)C3)c2)no1. The molecule has 1 aliphatic rings. The zero-order chi connectivity index (χ0) is 22.7. The molecular formula is C21H21N5O4S2. The number of nitrogens with one attached hydrogen (secondary N) is 1. The van der Waals surface area contributed by atoms with Crippen molar-refractivity contribution >= 4 is 33.0 Å². The number of piperidine rings is 1. The fourth-order valence-electron chi connectivity index (χ4n) is 3.46. The van der Waals surface area contributed by atoms with Crippen molar-refractivity contribution in [3.8, 4) is 17.5 Å². The van der Waals surface area contributed by atoms with E-state index in [1.807, 2.05) is 13.0 Å². The molecule has 166 valence electrons. The van der Waals surface area contributed by atoms with E-state index < -0.39 is 15.9 Å². The van der Waals surface area contributed by atoms with Gasteiger partial charge < -0.3 is 9.84 Å². The van der Waals surface area contributed by atoms with Gasteiger partial charge in [-0.15, -0.1) is 11.3 Å². The summed E-state index contributed by atoms with van der Waals surface area (Å²) >= 11 is 1.10. The van der Waals surface area contributed by atoms with Crippen LogP contribution in [0.4, 0.5) is 5.69 Å². The topological polar surface area (TPSA) is 129 Å². The molecule has 1 N–H and O–H groups in total. The first-order valence-corrected chi connectivity index (χ1v) is 12.5. The Morgan fingerprint density at radius 3 is 2.84 bits per heavy atom. The number of hydrogen-bond donors (Lipinski definition) is 1. The van der Waals surface area contributed by atoms with E-state index in [1.165, 1.54) is 4.31 Å². The predicted octanol–water partition coefficient (Wildman–Crippen LogP) is 3.27. The van der Waals surface area contributed by atoms with Crippen LogP contribution in [0.25, 0.3) is 11.4 Å². The maximum atomic E-state index is 13.2. The smallest absolute Gasteiger partial charge is 0.252 e. The highest BCUT2D eigenvalue weighted by atomic mass is 32.2. The number of carbonyl (C=O) groups is 1. The summed E-state index contributed by atoms with van der Waals surface area (Å²) in [6.07, 6.45) is 1.79. The molecule has 0 unspecified atom stereocenters. The Labute approximate surface area is 189 Å². The maximum Gasteiger partial charge on any atom is 0.252 e. The first-order valence-electron chi connectivity index (χ1n) is 10.1. The quantitative estimate of drug-likeness (QED) is 0.584. The molecule has 3 aromatic rings. The van der Waals surface area contributed by atoms with Crippen molar-refractivity contribution in [3.05, 3.63) is 47.2 Å². The van der Waals surface area contributed by atoms with Crippen LogP contribution in [0.15, 0.2) is 44.4 Å². The van der Waals surface area contributed by atoms with Gasteiger partial charge in [0.2, 0.25) is 17.6 Å². The van der Waals surface area contributed by atoms with E-state index in [4.69, 9.17) is 9.78 Å². The molecule has 0 spiro atoms. The van der Waals surface area contributed by atoms with E-state index in [-0.39, 0.29) is 16.7 Å². The zero-order valence-electron chi connectivity index (χ0n) is 17.3. The summed E-state index contributed by atoms with van der Waals surface area (Å²) in [6, 6.07) is 10.1. The Kier molecular flexibility index (Phi) is 6.36. The lowest BCUT2D eigenvalue weighted by molar-refractivity contribution is -0.120. The van der Waals surface area contributed by atoms with Gasteiger partial charge in [0.1, 0.15) is 4.21 Å². The Hall–Kier alpha value is -3.07. The Balaban J connectivity index is 1.46. The van der Waals surface area contributed by atoms with Gasteiger partial charge in [0, 0.05) is 36.1 Å². The molecule has 1 amide bonds. The highest BCUT2D eigenvalue weighted by molar-refractivity contribution is 7.91. The van der Waals surface area contributed by atoms with Gasteiger partial charge in [-0.25, -0.2) is 8.42 Å². The van der Waals surface area contributed by atoms with Crippen LogP contribution in [-0.2, 0) is 21.2 Å². The largest absolute Gasteiger partial charge is 0.339 e. The highest BCUT2D eigenvalue weighted by Crippen LogP contribution is 2.31. The minimum atomic E-state index is -3.75. The molecule has 11 heteroatoms. The summed E-state index contributed by atoms with van der Waals surface area (Å²) in [5.74, 6) is 0.152. The van der Waals surface area contributed by atoms with E-state index in [1.54, 1.807) is 35.7 Å². The normalized spacial score (nSPS) is 17.1. The molecule has 3 heterocycles. The van der Waals surface area contributed by atoms with Gasteiger partial charge in [-0.2, -0.15) is 14.6 Å². The average Bonchev–Trinajstić information content (AvgIpc) is 3.49. The molecule has 0 radical (unpaired) electrons. The summed E-state index contributed by atoms with van der Waals surface area (Å²) in [6.45, 7) is 2.36. The van der Waals surface area contributed by atoms with Crippen LogP contribution < -0.4 is 5.32 Å². The standard InChI is InChI=1S/C21H21N5O4S2/c1-2-18-24-20(25-30-18)16-10-19(31-13-16)32(28,29)26-9-3-4-15(12-26)21(27)23-17-7-5-14(11-22)6-8-17/h5-8,10,13,15H,2-4,9,12H2,1H3,(H,23,27)/t15-/m0/s1. The van der Waals surface area contributed by atoms with Crippen molar-refractivity contribution in [1.82, 2.24) is 14.4 Å². The predicted molar refractivity (Wildman–Crippen MR) is 118 cm³/mol. The zero-order valence-corrected chi connectivity index (χ0v) is 18.9. The summed E-state index contributed by atoms with van der Waals surface area (Å²) in [5.41, 5.74) is 1.66. The Morgan fingerprint density at radius 1 is 1.38 bits per heavy atom. The highest BCUT2D eigenvalue weighted by Gasteiger charge is 2.34. The van der Waals surface area contributed by atoms with Crippen molar-refractivity contribution in [2.45, 2.75) is 30.4 Å². The van der Waals surface area contributed by atoms with Crippen molar-refractivity contribution < 1.29 is 17.7 Å². The number of hydrogen-bond acceptors (Lipinski definition) is 8. The van der Waals surface area contributed by atoms with Crippen LogP contribution in [0.5, 0.6) is 0 Å². The number of anilines is 1. The van der Waals surface area contributed by atoms with Gasteiger partial charge in [0.05, 0.1) is 17.6 Å². The van der Waals surface area contributed by atoms with Gasteiger partial charge >= 0.3 is 0 Å². The molecule has 2 aromatic heterocycles. The molecule has 0 saturated carbocycles. The first-order chi connectivity index (χ1) is 15.4. The summed E-state index contributed by atoms with van der Waals surface area (Å²) in [4.78, 5) is 17.0. The molecule has 1 atom stereocenters. The van der Waals surface area contributed by atoms with Crippen molar-refractivity contribution in [3.63, 3.8) is 0 Å². The summed E-state index contributed by atoms with van der Waals surface area (Å²) < 4.78 is 33.1. The van der Waals surface area contributed by atoms with Gasteiger partial charge in [-0.1, -0.05) is 12.1 Å². The Bertz CT molecular complexity index is 1260. The monoisotopic (exact) mass is 471 g/mol. The second-order valence-electron chi connectivity index (χ2n) is 7.40. The van der Waals surface area contributed by atoms with Crippen LogP contribution in [0.2, 0.25) is 0 Å². The number of amides is 1. The molecule has 1 aromatic carbocycles. The van der Waals surface area contributed by atoms with Crippen molar-refractivity contribution in [1.29, 1.82) is 5.26 Å². The van der Waals surface area contributed by atoms with E-state index in [0.717, 1.165) is 11.3 Å². The molecule has 4 rings (SSSR count). The number of aromatic nitrogens is 2. The van der Waals surface area contributed by atoms with Crippen molar-refractivity contribution in [2.24, 2.45) is 5.92 Å². The van der Waals surface area contributed by atoms with E-state index >= 15 is 0 Å². The van der Waals surface area contributed by atoms with Crippen LogP contribution in [0.3, 0.4) is 0 Å². The molecular weight excluding hydrogens is 450 g/mol. The molecule has 0 bridgehead atoms. The number of nitriles is 1. The molecule has 32 heavy (non-hydrogen) atoms. The van der Waals surface area contributed by atoms with Crippen LogP contribution in [0, 0.1) is 17.2 Å². The van der Waals surface area contributed by atoms with Gasteiger partial charge in [0.15, 0.2) is 0 Å². The number of carbonyl (C=O) groups excluding carboxylic acids is 1. The average molecular weight is 472 g/mol. The summed E-state index contributed by atoms with van der Waals surface area (Å²) in [7, 11) is -3.75. The van der Waals surface area contributed by atoms with E-state index in [2.05, 4.69) is 15.5 Å². The minimum Gasteiger partial charge on any atom is -0.339 e. The Morgan fingerprint density at radius 2 is 2.16 bits per heavy atom. The number of rotatable bonds is 6. The second kappa shape index (κ2) is 9.20. The molecule has 0 aliphatic carbocycles. The molecule has 1 fully saturated rings. The van der Waals surface area contributed by atoms with Gasteiger partial charge in [0.25, 0.3) is 10.0 Å². The van der Waals surface area contributed by atoms with E-state index in [9.17, 15) is 13.2 Å². The number of benzene rings is 1. The number of thiophene rings is 1. The third-order valence-electron chi connectivity index (χ3n) is 5.23. The number of aryl methyl sites for hydroxylation is 1. The minimum absolute atomic E-state index is 0.111. The van der Waals surface area contributed by atoms with Crippen molar-refractivity contribution in [2.75, 3.05) is 18.4 Å². The lowest BCUT2D eigenvalue weighted by Gasteiger charge is -2.30. The second-order valence-corrected chi connectivity index (χ2v) is 10.5. The summed E-state index contributed by atoms with van der Waals surface area (Å²) in [5, 5.41) is 17.3. The maximum absolute atomic E-state index is 13.2. The fourth-order valence-corrected chi connectivity index (χ4v) is 6.29. The van der Waals surface area contributed by atoms with Crippen LogP contribution >= 0.6 is 11.3 Å².